The van der Waals surface area contributed by atoms with Crippen LogP contribution in [0.4, 0.5) is 0 Å². The van der Waals surface area contributed by atoms with Gasteiger partial charge in [0, 0.05) is 17.6 Å². The molecule has 0 aliphatic carbocycles. The highest BCUT2D eigenvalue weighted by atomic mass is 35.5. The maximum absolute atomic E-state index is 11.9. The Morgan fingerprint density at radius 3 is 2.62 bits per heavy atom. The van der Waals surface area contributed by atoms with Crippen LogP contribution in [0.2, 0.25) is 5.02 Å². The lowest BCUT2D eigenvalue weighted by Crippen LogP contribution is -2.35. The minimum absolute atomic E-state index is 0.106. The SMILES string of the molecule is Cc1c(Cl)cccc1C(=O)N(C)CC(N)=O. The number of carbonyl (C=O) groups excluding carboxylic acids is 2. The molecule has 16 heavy (non-hydrogen) atoms. The van der Waals surface area contributed by atoms with E-state index in [1.54, 1.807) is 25.1 Å². The van der Waals surface area contributed by atoms with E-state index in [-0.39, 0.29) is 12.5 Å². The molecule has 0 unspecified atom stereocenters. The van der Waals surface area contributed by atoms with E-state index < -0.39 is 5.91 Å². The van der Waals surface area contributed by atoms with Crippen molar-refractivity contribution in [2.45, 2.75) is 6.92 Å². The number of likely N-dealkylation sites (N-methyl/N-ethyl adjacent to an activating group) is 1. The second-order valence-corrected chi connectivity index (χ2v) is 3.95. The highest BCUT2D eigenvalue weighted by Crippen LogP contribution is 2.19. The number of carbonyl (C=O) groups is 2. The van der Waals surface area contributed by atoms with Crippen LogP contribution in [0.5, 0.6) is 0 Å². The molecule has 0 aromatic heterocycles. The number of nitrogens with zero attached hydrogens (tertiary/aromatic N) is 1. The summed E-state index contributed by atoms with van der Waals surface area (Å²) in [6.07, 6.45) is 0. The zero-order valence-electron chi connectivity index (χ0n) is 9.16. The number of hydrogen-bond acceptors (Lipinski definition) is 2. The Hall–Kier alpha value is -1.55. The van der Waals surface area contributed by atoms with Crippen molar-refractivity contribution in [3.63, 3.8) is 0 Å². The fraction of sp³-hybridized carbons (Fsp3) is 0.273. The van der Waals surface area contributed by atoms with Crippen LogP contribution in [0, 0.1) is 6.92 Å². The molecule has 2 N–H and O–H groups in total. The topological polar surface area (TPSA) is 63.4 Å². The number of amides is 2. The van der Waals surface area contributed by atoms with Gasteiger partial charge in [0.1, 0.15) is 0 Å². The Balaban J connectivity index is 2.96. The quantitative estimate of drug-likeness (QED) is 0.863. The van der Waals surface area contributed by atoms with E-state index in [0.717, 1.165) is 0 Å². The lowest BCUT2D eigenvalue weighted by Gasteiger charge is -2.16. The van der Waals surface area contributed by atoms with Gasteiger partial charge in [0.05, 0.1) is 6.54 Å². The fourth-order valence-electron chi connectivity index (χ4n) is 1.35. The van der Waals surface area contributed by atoms with Gasteiger partial charge >= 0.3 is 0 Å². The van der Waals surface area contributed by atoms with Gasteiger partial charge in [0.15, 0.2) is 0 Å². The average molecular weight is 241 g/mol. The number of primary amides is 1. The highest BCUT2D eigenvalue weighted by Gasteiger charge is 2.16. The smallest absolute Gasteiger partial charge is 0.254 e. The van der Waals surface area contributed by atoms with Crippen molar-refractivity contribution in [1.82, 2.24) is 4.90 Å². The Bertz CT molecular complexity index is 432. The summed E-state index contributed by atoms with van der Waals surface area (Å²) < 4.78 is 0. The van der Waals surface area contributed by atoms with Gasteiger partial charge in [0.2, 0.25) is 5.91 Å². The summed E-state index contributed by atoms with van der Waals surface area (Å²) in [4.78, 5) is 23.9. The van der Waals surface area contributed by atoms with Gasteiger partial charge in [-0.05, 0) is 24.6 Å². The third kappa shape index (κ3) is 2.73. The average Bonchev–Trinajstić information content (AvgIpc) is 2.20. The van der Waals surface area contributed by atoms with Crippen molar-refractivity contribution in [3.8, 4) is 0 Å². The molecule has 1 aromatic rings. The lowest BCUT2D eigenvalue weighted by molar-refractivity contribution is -0.118. The Labute approximate surface area is 99.0 Å². The van der Waals surface area contributed by atoms with E-state index in [4.69, 9.17) is 17.3 Å². The highest BCUT2D eigenvalue weighted by molar-refractivity contribution is 6.31. The van der Waals surface area contributed by atoms with E-state index in [2.05, 4.69) is 0 Å². The number of halogens is 1. The van der Waals surface area contributed by atoms with Crippen molar-refractivity contribution in [2.24, 2.45) is 5.73 Å². The van der Waals surface area contributed by atoms with E-state index in [1.807, 2.05) is 0 Å². The third-order valence-electron chi connectivity index (χ3n) is 2.24. The molecular weight excluding hydrogens is 228 g/mol. The first kappa shape index (κ1) is 12.5. The summed E-state index contributed by atoms with van der Waals surface area (Å²) in [6, 6.07) is 5.07. The molecule has 1 aromatic carbocycles. The first-order valence-corrected chi connectivity index (χ1v) is 5.10. The van der Waals surface area contributed by atoms with Crippen molar-refractivity contribution >= 4 is 23.4 Å². The molecule has 2 amide bonds. The zero-order chi connectivity index (χ0) is 12.3. The molecule has 86 valence electrons. The van der Waals surface area contributed by atoms with Gasteiger partial charge in [-0.15, -0.1) is 0 Å². The molecule has 0 aliphatic heterocycles. The molecule has 0 radical (unpaired) electrons. The second kappa shape index (κ2) is 4.99. The first-order valence-electron chi connectivity index (χ1n) is 4.72. The van der Waals surface area contributed by atoms with Crippen LogP contribution in [0.15, 0.2) is 18.2 Å². The molecule has 4 nitrogen and oxygen atoms in total. The molecule has 1 rings (SSSR count). The molecule has 0 saturated carbocycles. The van der Waals surface area contributed by atoms with E-state index in [9.17, 15) is 9.59 Å². The molecule has 0 saturated heterocycles. The predicted molar refractivity (Wildman–Crippen MR) is 62.3 cm³/mol. The lowest BCUT2D eigenvalue weighted by atomic mass is 10.1. The van der Waals surface area contributed by atoms with Gasteiger partial charge in [-0.1, -0.05) is 17.7 Å². The van der Waals surface area contributed by atoms with Crippen LogP contribution in [-0.4, -0.2) is 30.3 Å². The monoisotopic (exact) mass is 240 g/mol. The minimum Gasteiger partial charge on any atom is -0.368 e. The number of rotatable bonds is 3. The summed E-state index contributed by atoms with van der Waals surface area (Å²) >= 11 is 5.91. The molecule has 0 heterocycles. The van der Waals surface area contributed by atoms with E-state index >= 15 is 0 Å². The Morgan fingerprint density at radius 1 is 1.44 bits per heavy atom. The summed E-state index contributed by atoms with van der Waals surface area (Å²) in [6.45, 7) is 1.65. The molecule has 0 fully saturated rings. The fourth-order valence-corrected chi connectivity index (χ4v) is 1.52. The van der Waals surface area contributed by atoms with Crippen molar-refractivity contribution < 1.29 is 9.59 Å². The second-order valence-electron chi connectivity index (χ2n) is 3.54. The van der Waals surface area contributed by atoms with Crippen molar-refractivity contribution in [2.75, 3.05) is 13.6 Å². The third-order valence-corrected chi connectivity index (χ3v) is 2.65. The first-order chi connectivity index (χ1) is 7.43. The molecule has 0 atom stereocenters. The number of nitrogens with two attached hydrogens (primary N) is 1. The molecule has 0 spiro atoms. The minimum atomic E-state index is -0.546. The van der Waals surface area contributed by atoms with Gasteiger partial charge in [-0.2, -0.15) is 0 Å². The Morgan fingerprint density at radius 2 is 2.06 bits per heavy atom. The van der Waals surface area contributed by atoms with Gasteiger partial charge in [0.25, 0.3) is 5.91 Å². The van der Waals surface area contributed by atoms with Crippen LogP contribution >= 0.6 is 11.6 Å². The molecular formula is C11H13ClN2O2. The number of hydrogen-bond donors (Lipinski definition) is 1. The maximum atomic E-state index is 11.9. The summed E-state index contributed by atoms with van der Waals surface area (Å²) in [5.74, 6) is -0.811. The van der Waals surface area contributed by atoms with Crippen LogP contribution in [-0.2, 0) is 4.79 Å². The largest absolute Gasteiger partial charge is 0.368 e. The van der Waals surface area contributed by atoms with Gasteiger partial charge < -0.3 is 10.6 Å². The van der Waals surface area contributed by atoms with E-state index in [1.165, 1.54) is 11.9 Å². The molecule has 5 heteroatoms. The van der Waals surface area contributed by atoms with Crippen LogP contribution in [0.25, 0.3) is 0 Å². The summed E-state index contributed by atoms with van der Waals surface area (Å²) in [7, 11) is 1.52. The zero-order valence-corrected chi connectivity index (χ0v) is 9.91. The molecule has 0 bridgehead atoms. The maximum Gasteiger partial charge on any atom is 0.254 e. The summed E-state index contributed by atoms with van der Waals surface area (Å²) in [5.41, 5.74) is 6.20. The van der Waals surface area contributed by atoms with Crippen molar-refractivity contribution in [3.05, 3.63) is 34.3 Å². The molecule has 0 aliphatic rings. The van der Waals surface area contributed by atoms with Gasteiger partial charge in [-0.25, -0.2) is 0 Å². The van der Waals surface area contributed by atoms with Crippen LogP contribution < -0.4 is 5.73 Å². The normalized spacial score (nSPS) is 9.94. The predicted octanol–water partition coefficient (Wildman–Crippen LogP) is 1.21. The van der Waals surface area contributed by atoms with E-state index in [0.29, 0.717) is 16.1 Å². The van der Waals surface area contributed by atoms with Crippen LogP contribution in [0.1, 0.15) is 15.9 Å². The van der Waals surface area contributed by atoms with Crippen LogP contribution in [0.3, 0.4) is 0 Å². The van der Waals surface area contributed by atoms with Crippen molar-refractivity contribution in [1.29, 1.82) is 0 Å². The Kier molecular flexibility index (Phi) is 3.90. The number of benzene rings is 1. The summed E-state index contributed by atoms with van der Waals surface area (Å²) in [5, 5.41) is 0.526. The standard InChI is InChI=1S/C11H13ClN2O2/c1-7-8(4-3-5-9(7)12)11(16)14(2)6-10(13)15/h3-5H,6H2,1-2H3,(H2,13,15). The van der Waals surface area contributed by atoms with Gasteiger partial charge in [-0.3, -0.25) is 9.59 Å².